The van der Waals surface area contributed by atoms with E-state index in [-0.39, 0.29) is 5.56 Å². The van der Waals surface area contributed by atoms with E-state index in [4.69, 9.17) is 0 Å². The van der Waals surface area contributed by atoms with Crippen LogP contribution in [0.15, 0.2) is 36.9 Å². The molecule has 0 saturated carbocycles. The van der Waals surface area contributed by atoms with E-state index in [0.717, 1.165) is 17.6 Å². The molecular formula is C15H13FN6O. The third-order valence-electron chi connectivity index (χ3n) is 3.11. The average Bonchev–Trinajstić information content (AvgIpc) is 2.87. The molecule has 0 fully saturated rings. The molecule has 0 aliphatic carbocycles. The second kappa shape index (κ2) is 5.91. The predicted molar refractivity (Wildman–Crippen MR) is 80.8 cm³/mol. The van der Waals surface area contributed by atoms with Crippen LogP contribution in [0.2, 0.25) is 0 Å². The number of hydrogen-bond acceptors (Lipinski definition) is 5. The third-order valence-corrected chi connectivity index (χ3v) is 3.11. The number of carbonyl (C=O) groups is 1. The van der Waals surface area contributed by atoms with Gasteiger partial charge in [-0.25, -0.2) is 19.0 Å². The quantitative estimate of drug-likeness (QED) is 0.800. The molecule has 1 N–H and O–H groups in total. The molecule has 0 atom stereocenters. The normalized spacial score (nSPS) is 10.6. The van der Waals surface area contributed by atoms with Crippen molar-refractivity contribution in [3.05, 3.63) is 59.7 Å². The van der Waals surface area contributed by atoms with Crippen molar-refractivity contribution in [3.8, 4) is 5.95 Å². The van der Waals surface area contributed by atoms with Gasteiger partial charge < -0.3 is 5.32 Å². The molecule has 0 unspecified atom stereocenters. The van der Waals surface area contributed by atoms with Crippen molar-refractivity contribution in [1.29, 1.82) is 0 Å². The zero-order chi connectivity index (χ0) is 16.4. The molecule has 0 bridgehead atoms. The topological polar surface area (TPSA) is 85.6 Å². The highest BCUT2D eigenvalue weighted by atomic mass is 19.1. The van der Waals surface area contributed by atoms with Crippen LogP contribution in [0.5, 0.6) is 0 Å². The molecule has 0 spiro atoms. The van der Waals surface area contributed by atoms with Crippen LogP contribution in [-0.4, -0.2) is 30.6 Å². The van der Waals surface area contributed by atoms with E-state index in [1.807, 2.05) is 19.9 Å². The Balaban J connectivity index is 1.79. The summed E-state index contributed by atoms with van der Waals surface area (Å²) in [6.07, 6.45) is 5.21. The summed E-state index contributed by atoms with van der Waals surface area (Å²) in [6, 6.07) is 3.21. The Morgan fingerprint density at radius 1 is 1.22 bits per heavy atom. The molecular weight excluding hydrogens is 299 g/mol. The molecule has 7 nitrogen and oxygen atoms in total. The minimum Gasteiger partial charge on any atom is -0.319 e. The van der Waals surface area contributed by atoms with Gasteiger partial charge >= 0.3 is 0 Å². The van der Waals surface area contributed by atoms with E-state index in [9.17, 15) is 9.18 Å². The average molecular weight is 312 g/mol. The minimum absolute atomic E-state index is 0.0948. The fraction of sp³-hybridized carbons (Fsp3) is 0.133. The molecule has 116 valence electrons. The molecule has 3 aromatic heterocycles. The van der Waals surface area contributed by atoms with Crippen LogP contribution in [0.4, 0.5) is 10.1 Å². The van der Waals surface area contributed by atoms with Gasteiger partial charge in [-0.3, -0.25) is 9.78 Å². The zero-order valence-electron chi connectivity index (χ0n) is 12.5. The van der Waals surface area contributed by atoms with E-state index in [1.165, 1.54) is 24.7 Å². The van der Waals surface area contributed by atoms with E-state index in [2.05, 4.69) is 25.4 Å². The first-order valence-corrected chi connectivity index (χ1v) is 6.81. The van der Waals surface area contributed by atoms with E-state index < -0.39 is 11.7 Å². The van der Waals surface area contributed by atoms with Crippen LogP contribution in [0, 0.1) is 19.7 Å². The van der Waals surface area contributed by atoms with Gasteiger partial charge in [-0.15, -0.1) is 0 Å². The van der Waals surface area contributed by atoms with Gasteiger partial charge in [0.25, 0.3) is 11.9 Å². The first kappa shape index (κ1) is 14.8. The number of pyridine rings is 1. The van der Waals surface area contributed by atoms with Crippen LogP contribution < -0.4 is 5.32 Å². The summed E-state index contributed by atoms with van der Waals surface area (Å²) in [5, 5.41) is 6.81. The van der Waals surface area contributed by atoms with Crippen molar-refractivity contribution >= 4 is 11.6 Å². The highest BCUT2D eigenvalue weighted by Crippen LogP contribution is 2.12. The van der Waals surface area contributed by atoms with Crippen molar-refractivity contribution < 1.29 is 9.18 Å². The first-order chi connectivity index (χ1) is 11.0. The van der Waals surface area contributed by atoms with Crippen molar-refractivity contribution in [3.63, 3.8) is 0 Å². The SMILES string of the molecule is Cc1cc(C)n(-c2ncc(NC(=O)c3ccncc3F)cn2)n1. The molecule has 3 heterocycles. The van der Waals surface area contributed by atoms with Gasteiger partial charge in [0.1, 0.15) is 0 Å². The molecule has 0 aliphatic heterocycles. The van der Waals surface area contributed by atoms with Gasteiger partial charge in [0.05, 0.1) is 35.5 Å². The molecule has 0 aromatic carbocycles. The second-order valence-corrected chi connectivity index (χ2v) is 4.92. The molecule has 0 aliphatic rings. The summed E-state index contributed by atoms with van der Waals surface area (Å²) in [4.78, 5) is 23.9. The highest BCUT2D eigenvalue weighted by molar-refractivity contribution is 6.04. The maximum atomic E-state index is 13.5. The molecule has 0 saturated heterocycles. The van der Waals surface area contributed by atoms with Crippen molar-refractivity contribution in [2.45, 2.75) is 13.8 Å². The molecule has 1 amide bonds. The second-order valence-electron chi connectivity index (χ2n) is 4.92. The number of aromatic nitrogens is 5. The lowest BCUT2D eigenvalue weighted by Crippen LogP contribution is -2.15. The van der Waals surface area contributed by atoms with Gasteiger partial charge in [0.2, 0.25) is 0 Å². The molecule has 3 aromatic rings. The number of hydrogen-bond donors (Lipinski definition) is 1. The molecule has 23 heavy (non-hydrogen) atoms. The largest absolute Gasteiger partial charge is 0.319 e. The van der Waals surface area contributed by atoms with Gasteiger partial charge in [0.15, 0.2) is 5.82 Å². The number of nitrogens with zero attached hydrogens (tertiary/aromatic N) is 5. The summed E-state index contributed by atoms with van der Waals surface area (Å²) in [5.74, 6) is -0.888. The lowest BCUT2D eigenvalue weighted by molar-refractivity contribution is 0.102. The first-order valence-electron chi connectivity index (χ1n) is 6.81. The van der Waals surface area contributed by atoms with Crippen molar-refractivity contribution in [2.24, 2.45) is 0 Å². The Morgan fingerprint density at radius 3 is 2.57 bits per heavy atom. The van der Waals surface area contributed by atoms with Gasteiger partial charge in [-0.05, 0) is 26.0 Å². The standard InChI is InChI=1S/C15H13FN6O/c1-9-5-10(2)22(21-9)15-18-6-11(7-19-15)20-14(23)12-3-4-17-8-13(12)16/h3-8H,1-2H3,(H,20,23). The van der Waals surface area contributed by atoms with Crippen LogP contribution in [-0.2, 0) is 0 Å². The molecule has 3 rings (SSSR count). The Labute approximate surface area is 131 Å². The van der Waals surface area contributed by atoms with Crippen molar-refractivity contribution in [1.82, 2.24) is 24.7 Å². The lowest BCUT2D eigenvalue weighted by atomic mass is 10.2. The number of aryl methyl sites for hydroxylation is 2. The molecule has 8 heteroatoms. The Kier molecular flexibility index (Phi) is 3.80. The monoisotopic (exact) mass is 312 g/mol. The van der Waals surface area contributed by atoms with Crippen molar-refractivity contribution in [2.75, 3.05) is 5.32 Å². The summed E-state index contributed by atoms with van der Waals surface area (Å²) in [6.45, 7) is 3.77. The van der Waals surface area contributed by atoms with Gasteiger partial charge in [-0.1, -0.05) is 0 Å². The molecule has 0 radical (unpaired) electrons. The van der Waals surface area contributed by atoms with E-state index in [1.54, 1.807) is 4.68 Å². The lowest BCUT2D eigenvalue weighted by Gasteiger charge is -2.06. The van der Waals surface area contributed by atoms with Crippen LogP contribution in [0.25, 0.3) is 5.95 Å². The Morgan fingerprint density at radius 2 is 1.96 bits per heavy atom. The summed E-state index contributed by atoms with van der Waals surface area (Å²) >= 11 is 0. The summed E-state index contributed by atoms with van der Waals surface area (Å²) in [7, 11) is 0. The number of rotatable bonds is 3. The minimum atomic E-state index is -0.690. The Bertz CT molecular complexity index is 859. The Hall–Kier alpha value is -3.16. The van der Waals surface area contributed by atoms with Gasteiger partial charge in [-0.2, -0.15) is 5.10 Å². The zero-order valence-corrected chi connectivity index (χ0v) is 12.5. The summed E-state index contributed by atoms with van der Waals surface area (Å²) < 4.78 is 15.1. The number of carbonyl (C=O) groups excluding carboxylic acids is 1. The number of anilines is 1. The number of halogens is 1. The number of amides is 1. The van der Waals surface area contributed by atoms with E-state index >= 15 is 0 Å². The summed E-state index contributed by atoms with van der Waals surface area (Å²) in [5.41, 5.74) is 2.02. The van der Waals surface area contributed by atoms with Gasteiger partial charge in [0, 0.05) is 11.9 Å². The maximum Gasteiger partial charge on any atom is 0.258 e. The fourth-order valence-electron chi connectivity index (χ4n) is 2.08. The maximum absolute atomic E-state index is 13.5. The van der Waals surface area contributed by atoms with Crippen LogP contribution >= 0.6 is 0 Å². The highest BCUT2D eigenvalue weighted by Gasteiger charge is 2.12. The fourth-order valence-corrected chi connectivity index (χ4v) is 2.08. The van der Waals surface area contributed by atoms with Crippen LogP contribution in [0.1, 0.15) is 21.7 Å². The van der Waals surface area contributed by atoms with Crippen LogP contribution in [0.3, 0.4) is 0 Å². The number of nitrogens with one attached hydrogen (secondary N) is 1. The van der Waals surface area contributed by atoms with E-state index in [0.29, 0.717) is 11.6 Å². The smallest absolute Gasteiger partial charge is 0.258 e. The predicted octanol–water partition coefficient (Wildman–Crippen LogP) is 2.07. The third kappa shape index (κ3) is 3.05.